The normalized spacial score (nSPS) is 20.3. The molecule has 0 amide bonds. The van der Waals surface area contributed by atoms with Crippen molar-refractivity contribution in [3.05, 3.63) is 34.0 Å². The van der Waals surface area contributed by atoms with Crippen molar-refractivity contribution in [1.29, 1.82) is 0 Å². The van der Waals surface area contributed by atoms with Crippen LogP contribution in [0.3, 0.4) is 0 Å². The Kier molecular flexibility index (Phi) is 4.53. The molecule has 0 bridgehead atoms. The lowest BCUT2D eigenvalue weighted by molar-refractivity contribution is 0.103. The Morgan fingerprint density at radius 2 is 2.20 bits per heavy atom. The van der Waals surface area contributed by atoms with Crippen LogP contribution >= 0.6 is 11.6 Å². The quantitative estimate of drug-likeness (QED) is 0.620. The highest BCUT2D eigenvalue weighted by Crippen LogP contribution is 2.36. The highest BCUT2D eigenvalue weighted by molar-refractivity contribution is 7.73. The summed E-state index contributed by atoms with van der Waals surface area (Å²) in [5.74, 6) is -1.52. The zero-order valence-electron chi connectivity index (χ0n) is 13.4. The minimum atomic E-state index is -2.55. The lowest BCUT2D eigenvalue weighted by Gasteiger charge is -2.22. The van der Waals surface area contributed by atoms with Crippen LogP contribution in [0, 0.1) is 5.92 Å². The third-order valence-corrected chi connectivity index (χ3v) is 5.39. The Bertz CT molecular complexity index is 992. The molecule has 1 aromatic heterocycles. The van der Waals surface area contributed by atoms with E-state index in [1.165, 1.54) is 19.3 Å². The van der Waals surface area contributed by atoms with Crippen LogP contribution in [0.4, 0.5) is 0 Å². The van der Waals surface area contributed by atoms with Gasteiger partial charge >= 0.3 is 0 Å². The first-order valence-corrected chi connectivity index (χ1v) is 8.81. The second-order valence-electron chi connectivity index (χ2n) is 5.60. The van der Waals surface area contributed by atoms with Gasteiger partial charge in [0.2, 0.25) is 22.0 Å². The fraction of sp³-hybridized carbons (Fsp3) is 0.333. The van der Waals surface area contributed by atoms with Gasteiger partial charge in [-0.2, -0.15) is 13.5 Å². The topological polar surface area (TPSA) is 111 Å². The molecule has 10 heteroatoms. The van der Waals surface area contributed by atoms with Gasteiger partial charge in [0.15, 0.2) is 0 Å². The van der Waals surface area contributed by atoms with E-state index < -0.39 is 22.0 Å². The lowest BCUT2D eigenvalue weighted by atomic mass is 9.84. The van der Waals surface area contributed by atoms with E-state index in [0.29, 0.717) is 24.3 Å². The first kappa shape index (κ1) is 17.4. The number of ketones is 1. The molecular weight excluding hydrogens is 370 g/mol. The van der Waals surface area contributed by atoms with Gasteiger partial charge in [-0.3, -0.25) is 4.79 Å². The van der Waals surface area contributed by atoms with E-state index >= 15 is 0 Å². The third kappa shape index (κ3) is 2.89. The molecule has 2 heterocycles. The molecular formula is C15H14ClN3O5S. The van der Waals surface area contributed by atoms with Crippen molar-refractivity contribution in [1.82, 2.24) is 9.78 Å². The molecule has 1 aromatic rings. The van der Waals surface area contributed by atoms with E-state index in [-0.39, 0.29) is 26.9 Å². The maximum Gasteiger partial charge on any atom is 0.220 e. The second-order valence-corrected chi connectivity index (χ2v) is 6.92. The average molecular weight is 384 g/mol. The molecule has 25 heavy (non-hydrogen) atoms. The summed E-state index contributed by atoms with van der Waals surface area (Å²) in [6, 6.07) is 0. The molecule has 8 nitrogen and oxygen atoms in total. The van der Waals surface area contributed by atoms with E-state index in [9.17, 15) is 18.3 Å². The van der Waals surface area contributed by atoms with Gasteiger partial charge in [0.1, 0.15) is 12.2 Å². The predicted molar refractivity (Wildman–Crippen MR) is 91.3 cm³/mol. The zero-order valence-corrected chi connectivity index (χ0v) is 14.9. The summed E-state index contributed by atoms with van der Waals surface area (Å²) in [5.41, 5.74) is 0.843. The number of hydrogen-bond donors (Lipinski definition) is 1. The highest BCUT2D eigenvalue weighted by Gasteiger charge is 2.34. The van der Waals surface area contributed by atoms with E-state index in [1.54, 1.807) is 6.92 Å². The molecule has 0 saturated heterocycles. The Balaban J connectivity index is 2.19. The van der Waals surface area contributed by atoms with Crippen molar-refractivity contribution in [2.45, 2.75) is 13.3 Å². The molecule has 1 unspecified atom stereocenters. The van der Waals surface area contributed by atoms with E-state index in [4.69, 9.17) is 16.4 Å². The number of aromatic nitrogens is 2. The number of carbonyl (C=O) groups excluding carboxylic acids is 1. The first-order valence-electron chi connectivity index (χ1n) is 7.35. The number of hydrogen-bond acceptors (Lipinski definition) is 7. The minimum Gasteiger partial charge on any atom is -0.493 e. The molecule has 0 saturated carbocycles. The fourth-order valence-corrected chi connectivity index (χ4v) is 3.81. The van der Waals surface area contributed by atoms with Crippen LogP contribution in [0.5, 0.6) is 5.88 Å². The highest BCUT2D eigenvalue weighted by atomic mass is 35.5. The molecule has 3 rings (SSSR count). The van der Waals surface area contributed by atoms with Crippen LogP contribution in [0.15, 0.2) is 33.6 Å². The number of nitrogens with zero attached hydrogens (tertiary/aromatic N) is 3. The summed E-state index contributed by atoms with van der Waals surface area (Å²) < 4.78 is 24.4. The smallest absolute Gasteiger partial charge is 0.220 e. The Morgan fingerprint density at radius 3 is 2.72 bits per heavy atom. The van der Waals surface area contributed by atoms with Crippen LogP contribution in [0.1, 0.15) is 23.7 Å². The van der Waals surface area contributed by atoms with Crippen molar-refractivity contribution in [3.63, 3.8) is 0 Å². The molecule has 1 aliphatic carbocycles. The molecule has 2 aliphatic rings. The number of carbonyl (C=O) groups is 1. The number of allylic oxidation sites excluding steroid dienone is 4. The van der Waals surface area contributed by atoms with Crippen molar-refractivity contribution < 1.29 is 23.2 Å². The summed E-state index contributed by atoms with van der Waals surface area (Å²) in [7, 11) is -1.07. The van der Waals surface area contributed by atoms with E-state index in [2.05, 4.69) is 10.3 Å². The number of rotatable bonds is 3. The minimum absolute atomic E-state index is 0.0146. The number of Topliss-reactive ketones (excluding diaryl/α,β-unsaturated/α-hetero) is 1. The monoisotopic (exact) mass is 383 g/mol. The SMILES string of the molecule is CC1C(C2=NOCC2)=C(Cl)C(C(=O)c2cnn(C)c2O)=CC1=S(=O)=O. The van der Waals surface area contributed by atoms with Gasteiger partial charge in [-0.15, -0.1) is 0 Å². The van der Waals surface area contributed by atoms with Crippen LogP contribution in [0.2, 0.25) is 0 Å². The van der Waals surface area contributed by atoms with Crippen LogP contribution in [0.25, 0.3) is 0 Å². The maximum atomic E-state index is 12.8. The summed E-state index contributed by atoms with van der Waals surface area (Å²) in [6.45, 7) is 2.03. The van der Waals surface area contributed by atoms with Crippen LogP contribution in [-0.4, -0.2) is 46.3 Å². The van der Waals surface area contributed by atoms with E-state index in [1.807, 2.05) is 0 Å². The molecule has 1 N–H and O–H groups in total. The van der Waals surface area contributed by atoms with Crippen molar-refractivity contribution in [2.75, 3.05) is 6.61 Å². The van der Waals surface area contributed by atoms with Gasteiger partial charge in [-0.05, 0) is 6.08 Å². The van der Waals surface area contributed by atoms with E-state index in [0.717, 1.165) is 4.68 Å². The lowest BCUT2D eigenvalue weighted by Crippen LogP contribution is -2.25. The standard InChI is InChI=1S/C15H14ClN3O5S/c1-7-11(25(22)23)5-8(13(16)12(7)10-3-4-24-18-10)14(20)9-6-17-19(2)15(9)21/h5-7,21H,3-4H2,1-2H3. The Hall–Kier alpha value is -2.39. The average Bonchev–Trinajstić information content (AvgIpc) is 3.18. The predicted octanol–water partition coefficient (Wildman–Crippen LogP) is 1.21. The number of aromatic hydroxyl groups is 1. The molecule has 0 spiro atoms. The number of oxime groups is 1. The third-order valence-electron chi connectivity index (χ3n) is 4.12. The van der Waals surface area contributed by atoms with Crippen molar-refractivity contribution in [3.8, 4) is 5.88 Å². The fourth-order valence-electron chi connectivity index (χ4n) is 2.77. The van der Waals surface area contributed by atoms with Gasteiger partial charge in [-0.1, -0.05) is 23.7 Å². The van der Waals surface area contributed by atoms with Gasteiger partial charge < -0.3 is 9.94 Å². The summed E-state index contributed by atoms with van der Waals surface area (Å²) in [4.78, 5) is 17.8. The van der Waals surface area contributed by atoms with Crippen molar-refractivity contribution >= 4 is 38.3 Å². The number of halogens is 1. The summed E-state index contributed by atoms with van der Waals surface area (Å²) >= 11 is 6.43. The van der Waals surface area contributed by atoms with Gasteiger partial charge in [0.25, 0.3) is 0 Å². The summed E-state index contributed by atoms with van der Waals surface area (Å²) in [6.07, 6.45) is 2.89. The zero-order chi connectivity index (χ0) is 18.3. The largest absolute Gasteiger partial charge is 0.493 e. The van der Waals surface area contributed by atoms with Gasteiger partial charge in [0, 0.05) is 30.5 Å². The maximum absolute atomic E-state index is 12.8. The molecule has 1 atom stereocenters. The van der Waals surface area contributed by atoms with Crippen LogP contribution < -0.4 is 0 Å². The summed E-state index contributed by atoms with van der Waals surface area (Å²) in [5, 5.41) is 17.8. The van der Waals surface area contributed by atoms with Crippen molar-refractivity contribution in [2.24, 2.45) is 18.1 Å². The Morgan fingerprint density at radius 1 is 1.48 bits per heavy atom. The first-order chi connectivity index (χ1) is 11.8. The van der Waals surface area contributed by atoms with Gasteiger partial charge in [0.05, 0.1) is 21.8 Å². The molecule has 1 aliphatic heterocycles. The molecule has 0 radical (unpaired) electrons. The van der Waals surface area contributed by atoms with Crippen LogP contribution in [-0.2, 0) is 22.2 Å². The molecule has 0 fully saturated rings. The Labute approximate surface area is 149 Å². The van der Waals surface area contributed by atoms with Gasteiger partial charge in [-0.25, -0.2) is 4.68 Å². The number of aryl methyl sites for hydroxylation is 1. The molecule has 0 aromatic carbocycles. The molecule has 132 valence electrons. The second kappa shape index (κ2) is 6.49.